The van der Waals surface area contributed by atoms with Crippen LogP contribution >= 0.6 is 0 Å². The van der Waals surface area contributed by atoms with Gasteiger partial charge in [0.1, 0.15) is 24.6 Å². The summed E-state index contributed by atoms with van der Waals surface area (Å²) in [5.74, 6) is -0.909. The number of unbranched alkanes of at least 4 members (excludes halogenated alkanes) is 1. The van der Waals surface area contributed by atoms with E-state index in [1.165, 1.54) is 0 Å². The number of aliphatic hydroxyl groups excluding tert-OH is 4. The normalized spacial score (nSPS) is 17.5. The second-order valence-electron chi connectivity index (χ2n) is 4.20. The SMILES string of the molecule is O=C[C@H](NCCCCC(=O)O)[C@@H](O)[C@H](O)[C@H](O)CO. The van der Waals surface area contributed by atoms with Crippen molar-refractivity contribution in [3.05, 3.63) is 0 Å². The van der Waals surface area contributed by atoms with Crippen molar-refractivity contribution >= 4 is 12.3 Å². The molecular formula is C11H21NO7. The number of carbonyl (C=O) groups excluding carboxylic acids is 1. The molecule has 8 nitrogen and oxygen atoms in total. The summed E-state index contributed by atoms with van der Waals surface area (Å²) < 4.78 is 0. The number of carboxylic acids is 1. The van der Waals surface area contributed by atoms with Gasteiger partial charge in [0.05, 0.1) is 12.6 Å². The summed E-state index contributed by atoms with van der Waals surface area (Å²) in [6, 6.07) is -1.10. The van der Waals surface area contributed by atoms with Crippen LogP contribution in [0.2, 0.25) is 0 Å². The number of aldehydes is 1. The molecule has 4 atom stereocenters. The number of hydrogen-bond donors (Lipinski definition) is 6. The Kier molecular flexibility index (Phi) is 9.27. The zero-order valence-corrected chi connectivity index (χ0v) is 10.5. The van der Waals surface area contributed by atoms with Gasteiger partial charge < -0.3 is 35.6 Å². The van der Waals surface area contributed by atoms with E-state index in [-0.39, 0.29) is 13.0 Å². The van der Waals surface area contributed by atoms with Gasteiger partial charge in [-0.3, -0.25) is 4.79 Å². The summed E-state index contributed by atoms with van der Waals surface area (Å²) >= 11 is 0. The van der Waals surface area contributed by atoms with Crippen molar-refractivity contribution < 1.29 is 35.1 Å². The summed E-state index contributed by atoms with van der Waals surface area (Å²) in [6.07, 6.45) is -3.43. The average Bonchev–Trinajstić information content (AvgIpc) is 2.40. The Balaban J connectivity index is 4.05. The number of rotatable bonds is 11. The lowest BCUT2D eigenvalue weighted by Crippen LogP contribution is -2.52. The van der Waals surface area contributed by atoms with Crippen molar-refractivity contribution in [1.82, 2.24) is 5.32 Å². The molecule has 0 aromatic heterocycles. The molecule has 0 radical (unpaired) electrons. The Morgan fingerprint density at radius 3 is 2.26 bits per heavy atom. The summed E-state index contributed by atoms with van der Waals surface area (Å²) in [6.45, 7) is -0.446. The van der Waals surface area contributed by atoms with E-state index < -0.39 is 36.9 Å². The minimum atomic E-state index is -1.65. The molecule has 0 aromatic rings. The van der Waals surface area contributed by atoms with Crippen molar-refractivity contribution in [3.8, 4) is 0 Å². The molecule has 6 N–H and O–H groups in total. The second-order valence-corrected chi connectivity index (χ2v) is 4.20. The number of carbonyl (C=O) groups is 2. The van der Waals surface area contributed by atoms with Gasteiger partial charge >= 0.3 is 5.97 Å². The third-order valence-corrected chi connectivity index (χ3v) is 2.64. The fourth-order valence-electron chi connectivity index (χ4n) is 1.47. The van der Waals surface area contributed by atoms with Crippen LogP contribution in [-0.2, 0) is 9.59 Å². The van der Waals surface area contributed by atoms with E-state index in [1.807, 2.05) is 0 Å². The molecule has 0 aliphatic rings. The Bertz CT molecular complexity index is 274. The van der Waals surface area contributed by atoms with Crippen molar-refractivity contribution in [3.63, 3.8) is 0 Å². The summed E-state index contributed by atoms with van der Waals surface area (Å²) in [4.78, 5) is 21.0. The topological polar surface area (TPSA) is 147 Å². The molecule has 0 rings (SSSR count). The van der Waals surface area contributed by atoms with Gasteiger partial charge in [-0.15, -0.1) is 0 Å². The molecule has 0 bridgehead atoms. The Hall–Kier alpha value is -1.06. The lowest BCUT2D eigenvalue weighted by Gasteiger charge is -2.26. The first-order valence-electron chi connectivity index (χ1n) is 5.99. The molecule has 0 aliphatic carbocycles. The van der Waals surface area contributed by atoms with E-state index >= 15 is 0 Å². The first-order chi connectivity index (χ1) is 8.93. The van der Waals surface area contributed by atoms with Crippen molar-refractivity contribution in [2.75, 3.05) is 13.2 Å². The predicted octanol–water partition coefficient (Wildman–Crippen LogP) is -2.53. The van der Waals surface area contributed by atoms with Gasteiger partial charge in [-0.1, -0.05) is 0 Å². The Morgan fingerprint density at radius 2 is 1.79 bits per heavy atom. The highest BCUT2D eigenvalue weighted by Crippen LogP contribution is 2.04. The largest absolute Gasteiger partial charge is 0.481 e. The molecule has 0 unspecified atom stereocenters. The molecule has 19 heavy (non-hydrogen) atoms. The maximum atomic E-state index is 10.8. The molecule has 0 fully saturated rings. The number of nitrogens with one attached hydrogen (secondary N) is 1. The minimum Gasteiger partial charge on any atom is -0.481 e. The first kappa shape index (κ1) is 17.9. The third-order valence-electron chi connectivity index (χ3n) is 2.64. The summed E-state index contributed by atoms with van der Waals surface area (Å²) in [5, 5.41) is 47.9. The molecule has 0 saturated carbocycles. The van der Waals surface area contributed by atoms with Gasteiger partial charge in [0, 0.05) is 6.42 Å². The zero-order valence-electron chi connectivity index (χ0n) is 10.5. The molecule has 0 spiro atoms. The van der Waals surface area contributed by atoms with Crippen molar-refractivity contribution in [2.24, 2.45) is 0 Å². The van der Waals surface area contributed by atoms with Gasteiger partial charge in [0.2, 0.25) is 0 Å². The van der Waals surface area contributed by atoms with Gasteiger partial charge in [-0.05, 0) is 19.4 Å². The van der Waals surface area contributed by atoms with Crippen LogP contribution in [0.15, 0.2) is 0 Å². The maximum absolute atomic E-state index is 10.8. The first-order valence-corrected chi connectivity index (χ1v) is 5.99. The maximum Gasteiger partial charge on any atom is 0.303 e. The van der Waals surface area contributed by atoms with Crippen molar-refractivity contribution in [1.29, 1.82) is 0 Å². The number of hydrogen-bond acceptors (Lipinski definition) is 7. The van der Waals surface area contributed by atoms with Crippen LogP contribution in [0, 0.1) is 0 Å². The predicted molar refractivity (Wildman–Crippen MR) is 64.4 cm³/mol. The highest BCUT2D eigenvalue weighted by atomic mass is 16.4. The summed E-state index contributed by atoms with van der Waals surface area (Å²) in [7, 11) is 0. The zero-order chi connectivity index (χ0) is 14.8. The van der Waals surface area contributed by atoms with Gasteiger partial charge in [-0.2, -0.15) is 0 Å². The standard InChI is InChI=1S/C11H21NO7/c13-5-7(10(18)11(19)8(15)6-14)12-4-2-1-3-9(16)17/h5,7-8,10-12,14-15,18-19H,1-4,6H2,(H,16,17)/t7-,8+,10+,11+/m0/s1. The fraction of sp³-hybridized carbons (Fsp3) is 0.818. The number of aliphatic carboxylic acids is 1. The Labute approximate surface area is 110 Å². The smallest absolute Gasteiger partial charge is 0.303 e. The molecule has 0 heterocycles. The summed E-state index contributed by atoms with van der Waals surface area (Å²) in [5.41, 5.74) is 0. The fourth-order valence-corrected chi connectivity index (χ4v) is 1.47. The lowest BCUT2D eigenvalue weighted by atomic mass is 10.0. The van der Waals surface area contributed by atoms with Gasteiger partial charge in [0.15, 0.2) is 0 Å². The van der Waals surface area contributed by atoms with E-state index in [4.69, 9.17) is 15.3 Å². The molecule has 112 valence electrons. The van der Waals surface area contributed by atoms with E-state index in [0.717, 1.165) is 0 Å². The molecular weight excluding hydrogens is 258 g/mol. The Morgan fingerprint density at radius 1 is 1.16 bits per heavy atom. The average molecular weight is 279 g/mol. The highest BCUT2D eigenvalue weighted by molar-refractivity contribution is 5.66. The number of carboxylic acid groups (broad SMARTS) is 1. The quantitative estimate of drug-likeness (QED) is 0.179. The number of aliphatic hydroxyl groups is 4. The highest BCUT2D eigenvalue weighted by Gasteiger charge is 2.30. The van der Waals surface area contributed by atoms with Crippen LogP contribution in [0.4, 0.5) is 0 Å². The van der Waals surface area contributed by atoms with E-state index in [2.05, 4.69) is 5.32 Å². The molecule has 8 heteroatoms. The molecule has 0 aliphatic heterocycles. The van der Waals surface area contributed by atoms with Crippen molar-refractivity contribution in [2.45, 2.75) is 43.6 Å². The third kappa shape index (κ3) is 7.19. The lowest BCUT2D eigenvalue weighted by molar-refractivity contribution is -0.137. The van der Waals surface area contributed by atoms with Crippen LogP contribution in [0.25, 0.3) is 0 Å². The van der Waals surface area contributed by atoms with Crippen LogP contribution < -0.4 is 5.32 Å². The molecule has 0 saturated heterocycles. The monoisotopic (exact) mass is 279 g/mol. The van der Waals surface area contributed by atoms with E-state index in [1.54, 1.807) is 0 Å². The van der Waals surface area contributed by atoms with Crippen LogP contribution in [0.3, 0.4) is 0 Å². The van der Waals surface area contributed by atoms with Crippen LogP contribution in [0.5, 0.6) is 0 Å². The van der Waals surface area contributed by atoms with Gasteiger partial charge in [0.25, 0.3) is 0 Å². The molecule has 0 amide bonds. The van der Waals surface area contributed by atoms with Crippen LogP contribution in [0.1, 0.15) is 19.3 Å². The molecule has 0 aromatic carbocycles. The van der Waals surface area contributed by atoms with E-state index in [9.17, 15) is 19.8 Å². The van der Waals surface area contributed by atoms with Gasteiger partial charge in [-0.25, -0.2) is 0 Å². The minimum absolute atomic E-state index is 0.0157. The van der Waals surface area contributed by atoms with E-state index in [0.29, 0.717) is 19.1 Å². The van der Waals surface area contributed by atoms with Crippen LogP contribution in [-0.4, -0.2) is 75.3 Å². The second kappa shape index (κ2) is 9.82.